The number of nitro groups is 1. The Kier molecular flexibility index (Phi) is 5.34. The Hall–Kier alpha value is -1.17. The third-order valence-corrected chi connectivity index (χ3v) is 2.75. The SMILES string of the molecule is CC(CO)CNCc1c(Cl)cccc1[N+](=O)[O-]. The molecule has 0 spiro atoms. The molecule has 1 atom stereocenters. The molecule has 0 aliphatic carbocycles. The molecule has 1 unspecified atom stereocenters. The van der Waals surface area contributed by atoms with Crippen LogP contribution in [0.15, 0.2) is 18.2 Å². The van der Waals surface area contributed by atoms with Gasteiger partial charge in [0.05, 0.1) is 15.5 Å². The van der Waals surface area contributed by atoms with E-state index in [0.29, 0.717) is 23.7 Å². The monoisotopic (exact) mass is 258 g/mol. The van der Waals surface area contributed by atoms with Crippen LogP contribution in [-0.4, -0.2) is 23.2 Å². The van der Waals surface area contributed by atoms with Gasteiger partial charge in [0, 0.05) is 25.8 Å². The standard InChI is InChI=1S/C11H15ClN2O3/c1-8(7-15)5-13-6-9-10(12)3-2-4-11(9)14(16)17/h2-4,8,13,15H,5-7H2,1H3. The fraction of sp³-hybridized carbons (Fsp3) is 0.455. The van der Waals surface area contributed by atoms with Crippen molar-refractivity contribution in [2.24, 2.45) is 5.92 Å². The number of nitrogens with zero attached hydrogens (tertiary/aromatic N) is 1. The Morgan fingerprint density at radius 1 is 1.59 bits per heavy atom. The Balaban J connectivity index is 2.72. The van der Waals surface area contributed by atoms with Gasteiger partial charge < -0.3 is 10.4 Å². The predicted molar refractivity (Wildman–Crippen MR) is 66.1 cm³/mol. The number of aliphatic hydroxyl groups excluding tert-OH is 1. The van der Waals surface area contributed by atoms with Gasteiger partial charge in [0.25, 0.3) is 5.69 Å². The molecule has 0 saturated carbocycles. The molecule has 0 bridgehead atoms. The number of nitro benzene ring substituents is 1. The zero-order valence-corrected chi connectivity index (χ0v) is 10.3. The Labute approximate surface area is 105 Å². The molecule has 6 heteroatoms. The molecule has 0 aliphatic heterocycles. The molecular weight excluding hydrogens is 244 g/mol. The number of aliphatic hydroxyl groups is 1. The molecule has 1 aromatic carbocycles. The summed E-state index contributed by atoms with van der Waals surface area (Å²) in [6, 6.07) is 4.61. The third-order valence-electron chi connectivity index (χ3n) is 2.40. The summed E-state index contributed by atoms with van der Waals surface area (Å²) in [7, 11) is 0. The first kappa shape index (κ1) is 13.9. The largest absolute Gasteiger partial charge is 0.396 e. The summed E-state index contributed by atoms with van der Waals surface area (Å²) in [6.07, 6.45) is 0. The van der Waals surface area contributed by atoms with Crippen LogP contribution in [0, 0.1) is 16.0 Å². The fourth-order valence-corrected chi connectivity index (χ4v) is 1.64. The van der Waals surface area contributed by atoms with Gasteiger partial charge in [-0.25, -0.2) is 0 Å². The summed E-state index contributed by atoms with van der Waals surface area (Å²) in [5.41, 5.74) is 0.492. The number of hydrogen-bond acceptors (Lipinski definition) is 4. The lowest BCUT2D eigenvalue weighted by Gasteiger charge is -2.10. The van der Waals surface area contributed by atoms with E-state index in [4.69, 9.17) is 16.7 Å². The van der Waals surface area contributed by atoms with Crippen LogP contribution in [0.2, 0.25) is 5.02 Å². The second-order valence-corrected chi connectivity index (χ2v) is 4.32. The van der Waals surface area contributed by atoms with E-state index >= 15 is 0 Å². The summed E-state index contributed by atoms with van der Waals surface area (Å²) in [4.78, 5) is 10.4. The van der Waals surface area contributed by atoms with Crippen molar-refractivity contribution in [2.45, 2.75) is 13.5 Å². The Morgan fingerprint density at radius 3 is 2.88 bits per heavy atom. The van der Waals surface area contributed by atoms with Gasteiger partial charge >= 0.3 is 0 Å². The average Bonchev–Trinajstić information content (AvgIpc) is 2.30. The zero-order valence-electron chi connectivity index (χ0n) is 9.52. The Morgan fingerprint density at radius 2 is 2.29 bits per heavy atom. The van der Waals surface area contributed by atoms with Crippen LogP contribution < -0.4 is 5.32 Å². The van der Waals surface area contributed by atoms with Crippen molar-refractivity contribution in [3.05, 3.63) is 38.9 Å². The molecule has 1 rings (SSSR count). The Bertz CT molecular complexity index is 398. The van der Waals surface area contributed by atoms with Crippen molar-refractivity contribution >= 4 is 17.3 Å². The van der Waals surface area contributed by atoms with E-state index < -0.39 is 4.92 Å². The fourth-order valence-electron chi connectivity index (χ4n) is 1.40. The smallest absolute Gasteiger partial charge is 0.275 e. The van der Waals surface area contributed by atoms with Gasteiger partial charge in [-0.3, -0.25) is 10.1 Å². The van der Waals surface area contributed by atoms with Crippen LogP contribution in [-0.2, 0) is 6.54 Å². The van der Waals surface area contributed by atoms with Crippen molar-refractivity contribution in [3.8, 4) is 0 Å². The van der Waals surface area contributed by atoms with Crippen LogP contribution in [0.5, 0.6) is 0 Å². The van der Waals surface area contributed by atoms with E-state index in [-0.39, 0.29) is 18.2 Å². The normalized spacial score (nSPS) is 12.4. The van der Waals surface area contributed by atoms with E-state index in [2.05, 4.69) is 5.32 Å². The highest BCUT2D eigenvalue weighted by Crippen LogP contribution is 2.25. The van der Waals surface area contributed by atoms with E-state index in [9.17, 15) is 10.1 Å². The maximum atomic E-state index is 10.8. The average molecular weight is 259 g/mol. The maximum absolute atomic E-state index is 10.8. The number of hydrogen-bond donors (Lipinski definition) is 2. The molecule has 1 aromatic rings. The van der Waals surface area contributed by atoms with Gasteiger partial charge in [-0.05, 0) is 12.0 Å². The molecule has 0 aliphatic rings. The summed E-state index contributed by atoms with van der Waals surface area (Å²) in [6.45, 7) is 2.87. The first-order chi connectivity index (χ1) is 8.06. The van der Waals surface area contributed by atoms with Gasteiger partial charge in [-0.1, -0.05) is 24.6 Å². The van der Waals surface area contributed by atoms with Crippen LogP contribution in [0.3, 0.4) is 0 Å². The minimum Gasteiger partial charge on any atom is -0.396 e. The lowest BCUT2D eigenvalue weighted by molar-refractivity contribution is -0.385. The van der Waals surface area contributed by atoms with Crippen molar-refractivity contribution in [3.63, 3.8) is 0 Å². The topological polar surface area (TPSA) is 75.4 Å². The van der Waals surface area contributed by atoms with Crippen molar-refractivity contribution in [1.29, 1.82) is 0 Å². The molecule has 0 fully saturated rings. The molecule has 0 saturated heterocycles. The maximum Gasteiger partial charge on any atom is 0.275 e. The van der Waals surface area contributed by atoms with Crippen molar-refractivity contribution in [2.75, 3.05) is 13.2 Å². The zero-order chi connectivity index (χ0) is 12.8. The van der Waals surface area contributed by atoms with Crippen molar-refractivity contribution in [1.82, 2.24) is 5.32 Å². The van der Waals surface area contributed by atoms with Gasteiger partial charge in [0.2, 0.25) is 0 Å². The van der Waals surface area contributed by atoms with Crippen LogP contribution in [0.25, 0.3) is 0 Å². The number of benzene rings is 1. The van der Waals surface area contributed by atoms with Crippen LogP contribution >= 0.6 is 11.6 Å². The molecule has 94 valence electrons. The number of halogens is 1. The van der Waals surface area contributed by atoms with E-state index in [1.165, 1.54) is 6.07 Å². The molecule has 17 heavy (non-hydrogen) atoms. The lowest BCUT2D eigenvalue weighted by atomic mass is 10.1. The van der Waals surface area contributed by atoms with Crippen LogP contribution in [0.4, 0.5) is 5.69 Å². The van der Waals surface area contributed by atoms with Crippen LogP contribution in [0.1, 0.15) is 12.5 Å². The molecule has 5 nitrogen and oxygen atoms in total. The second-order valence-electron chi connectivity index (χ2n) is 3.91. The first-order valence-corrected chi connectivity index (χ1v) is 5.67. The second kappa shape index (κ2) is 6.54. The highest BCUT2D eigenvalue weighted by atomic mass is 35.5. The molecule has 0 aromatic heterocycles. The molecule has 2 N–H and O–H groups in total. The lowest BCUT2D eigenvalue weighted by Crippen LogP contribution is -2.23. The molecular formula is C11H15ClN2O3. The summed E-state index contributed by atoms with van der Waals surface area (Å²) in [5.74, 6) is 0.108. The molecule has 0 heterocycles. The number of rotatable bonds is 6. The quantitative estimate of drug-likeness (QED) is 0.604. The van der Waals surface area contributed by atoms with Gasteiger partial charge in [-0.2, -0.15) is 0 Å². The minimum atomic E-state index is -0.446. The van der Waals surface area contributed by atoms with E-state index in [1.54, 1.807) is 12.1 Å². The van der Waals surface area contributed by atoms with E-state index in [1.807, 2.05) is 6.92 Å². The first-order valence-electron chi connectivity index (χ1n) is 5.29. The third kappa shape index (κ3) is 3.96. The highest BCUT2D eigenvalue weighted by molar-refractivity contribution is 6.31. The van der Waals surface area contributed by atoms with Gasteiger partial charge in [0.1, 0.15) is 0 Å². The summed E-state index contributed by atoms with van der Waals surface area (Å²) >= 11 is 5.93. The predicted octanol–water partition coefficient (Wildman–Crippen LogP) is 1.97. The molecule has 0 amide bonds. The van der Waals surface area contributed by atoms with Gasteiger partial charge in [0.15, 0.2) is 0 Å². The minimum absolute atomic E-state index is 0.0154. The number of nitrogens with one attached hydrogen (secondary N) is 1. The van der Waals surface area contributed by atoms with Crippen molar-refractivity contribution < 1.29 is 10.0 Å². The highest BCUT2D eigenvalue weighted by Gasteiger charge is 2.16. The summed E-state index contributed by atoms with van der Waals surface area (Å²) < 4.78 is 0. The summed E-state index contributed by atoms with van der Waals surface area (Å²) in [5, 5.41) is 23.1. The van der Waals surface area contributed by atoms with Gasteiger partial charge in [-0.15, -0.1) is 0 Å². The molecule has 0 radical (unpaired) electrons. The van der Waals surface area contributed by atoms with E-state index in [0.717, 1.165) is 0 Å².